The molecule has 1 aromatic heterocycles. The molecule has 0 atom stereocenters. The van der Waals surface area contributed by atoms with Crippen LogP contribution in [-0.4, -0.2) is 43.9 Å². The standard InChI is InChI=1S/C21H28N2O4S/c1-11-15(19(25)27-4)17(28-16(11)18(24)23(2)3)22-20(26)21-8-12-5-13(9-21)7-14(6-12)10-21/h12-14H,5-10H2,1-4H3,(H,22,26). The fourth-order valence-electron chi connectivity index (χ4n) is 5.98. The highest BCUT2D eigenvalue weighted by molar-refractivity contribution is 7.18. The average Bonchev–Trinajstić information content (AvgIpc) is 2.95. The first-order valence-corrected chi connectivity index (χ1v) is 10.8. The van der Waals surface area contributed by atoms with Crippen LogP contribution in [0.4, 0.5) is 5.00 Å². The van der Waals surface area contributed by atoms with E-state index in [1.165, 1.54) is 42.6 Å². The summed E-state index contributed by atoms with van der Waals surface area (Å²) in [4.78, 5) is 40.3. The number of carbonyl (C=O) groups is 3. The molecule has 4 fully saturated rings. The second kappa shape index (κ2) is 6.87. The van der Waals surface area contributed by atoms with Crippen molar-refractivity contribution in [1.82, 2.24) is 4.90 Å². The van der Waals surface area contributed by atoms with Gasteiger partial charge in [-0.05, 0) is 68.8 Å². The molecular weight excluding hydrogens is 376 g/mol. The van der Waals surface area contributed by atoms with E-state index in [4.69, 9.17) is 4.74 Å². The Balaban J connectivity index is 1.65. The van der Waals surface area contributed by atoms with Gasteiger partial charge < -0.3 is 15.0 Å². The van der Waals surface area contributed by atoms with Gasteiger partial charge in [-0.3, -0.25) is 9.59 Å². The molecule has 4 aliphatic carbocycles. The maximum absolute atomic E-state index is 13.4. The molecule has 4 bridgehead atoms. The van der Waals surface area contributed by atoms with Crippen LogP contribution in [0.5, 0.6) is 0 Å². The third kappa shape index (κ3) is 3.04. The lowest BCUT2D eigenvalue weighted by atomic mass is 9.49. The number of hydrogen-bond acceptors (Lipinski definition) is 5. The van der Waals surface area contributed by atoms with Gasteiger partial charge in [0.1, 0.15) is 5.00 Å². The van der Waals surface area contributed by atoms with Crippen LogP contribution >= 0.6 is 11.3 Å². The van der Waals surface area contributed by atoms with Gasteiger partial charge >= 0.3 is 5.97 Å². The van der Waals surface area contributed by atoms with Crippen LogP contribution in [-0.2, 0) is 9.53 Å². The second-order valence-corrected chi connectivity index (χ2v) is 10.1. The highest BCUT2D eigenvalue weighted by Crippen LogP contribution is 2.60. The van der Waals surface area contributed by atoms with Crippen LogP contribution in [0.15, 0.2) is 0 Å². The summed E-state index contributed by atoms with van der Waals surface area (Å²) in [7, 11) is 4.66. The van der Waals surface area contributed by atoms with Crippen LogP contribution in [0.2, 0.25) is 0 Å². The maximum atomic E-state index is 13.4. The first-order valence-electron chi connectivity index (χ1n) is 9.99. The quantitative estimate of drug-likeness (QED) is 0.777. The molecule has 2 amide bonds. The molecule has 0 aliphatic heterocycles. The summed E-state index contributed by atoms with van der Waals surface area (Å²) in [5.41, 5.74) is 0.554. The first-order chi connectivity index (χ1) is 13.2. The van der Waals surface area contributed by atoms with E-state index in [1.54, 1.807) is 21.0 Å². The smallest absolute Gasteiger partial charge is 0.341 e. The number of ether oxygens (including phenoxy) is 1. The Morgan fingerprint density at radius 3 is 2.07 bits per heavy atom. The fourth-order valence-corrected chi connectivity index (χ4v) is 7.19. The molecule has 4 saturated carbocycles. The van der Waals surface area contributed by atoms with Gasteiger partial charge in [0.15, 0.2) is 0 Å². The molecular formula is C21H28N2O4S. The SMILES string of the molecule is COC(=O)c1c(NC(=O)C23CC4CC(CC(C4)C2)C3)sc(C(=O)N(C)C)c1C. The number of nitrogens with zero attached hydrogens (tertiary/aromatic N) is 1. The zero-order valence-electron chi connectivity index (χ0n) is 17.0. The number of amides is 2. The summed E-state index contributed by atoms with van der Waals surface area (Å²) in [6.07, 6.45) is 6.64. The van der Waals surface area contributed by atoms with Crippen molar-refractivity contribution in [2.45, 2.75) is 45.4 Å². The molecule has 28 heavy (non-hydrogen) atoms. The van der Waals surface area contributed by atoms with Crippen molar-refractivity contribution in [2.75, 3.05) is 26.5 Å². The van der Waals surface area contributed by atoms with Gasteiger partial charge in [0.05, 0.1) is 23.0 Å². The second-order valence-electron chi connectivity index (χ2n) is 9.10. The average molecular weight is 405 g/mol. The van der Waals surface area contributed by atoms with E-state index in [0.717, 1.165) is 19.3 Å². The van der Waals surface area contributed by atoms with E-state index in [0.29, 0.717) is 38.8 Å². The van der Waals surface area contributed by atoms with Crippen molar-refractivity contribution in [1.29, 1.82) is 0 Å². The summed E-state index contributed by atoms with van der Waals surface area (Å²) in [6, 6.07) is 0. The summed E-state index contributed by atoms with van der Waals surface area (Å²) in [5.74, 6) is 1.30. The maximum Gasteiger partial charge on any atom is 0.341 e. The lowest BCUT2D eigenvalue weighted by Crippen LogP contribution is -2.51. The number of methoxy groups -OCH3 is 1. The van der Waals surface area contributed by atoms with Gasteiger partial charge in [-0.1, -0.05) is 0 Å². The Morgan fingerprint density at radius 2 is 1.61 bits per heavy atom. The number of rotatable bonds is 4. The van der Waals surface area contributed by atoms with E-state index < -0.39 is 5.97 Å². The molecule has 1 N–H and O–H groups in total. The monoisotopic (exact) mass is 404 g/mol. The first kappa shape index (κ1) is 19.4. The normalized spacial score (nSPS) is 30.2. The van der Waals surface area contributed by atoms with E-state index in [1.807, 2.05) is 0 Å². The van der Waals surface area contributed by atoms with Gasteiger partial charge in [-0.2, -0.15) is 0 Å². The van der Waals surface area contributed by atoms with Gasteiger partial charge in [0.2, 0.25) is 5.91 Å². The predicted octanol–water partition coefficient (Wildman–Crippen LogP) is 3.70. The predicted molar refractivity (Wildman–Crippen MR) is 108 cm³/mol. The highest BCUT2D eigenvalue weighted by Gasteiger charge is 2.54. The molecule has 0 spiro atoms. The molecule has 0 unspecified atom stereocenters. The van der Waals surface area contributed by atoms with Crippen molar-refractivity contribution in [3.05, 3.63) is 16.0 Å². The molecule has 7 heteroatoms. The van der Waals surface area contributed by atoms with Crippen LogP contribution in [0.3, 0.4) is 0 Å². The summed E-state index contributed by atoms with van der Waals surface area (Å²) < 4.78 is 4.93. The minimum absolute atomic E-state index is 0.0156. The fraction of sp³-hybridized carbons (Fsp3) is 0.667. The lowest BCUT2D eigenvalue weighted by Gasteiger charge is -2.55. The molecule has 1 heterocycles. The number of anilines is 1. The number of carbonyl (C=O) groups excluding carboxylic acids is 3. The molecule has 0 saturated heterocycles. The minimum Gasteiger partial charge on any atom is -0.465 e. The summed E-state index contributed by atoms with van der Waals surface area (Å²) in [5, 5.41) is 3.49. The van der Waals surface area contributed by atoms with Crippen LogP contribution in [0.25, 0.3) is 0 Å². The van der Waals surface area contributed by atoms with Crippen molar-refractivity contribution >= 4 is 34.1 Å². The van der Waals surface area contributed by atoms with Gasteiger partial charge in [0.25, 0.3) is 5.91 Å². The number of thiophene rings is 1. The van der Waals surface area contributed by atoms with Crippen molar-refractivity contribution in [3.8, 4) is 0 Å². The molecule has 1 aromatic rings. The topological polar surface area (TPSA) is 75.7 Å². The van der Waals surface area contributed by atoms with Gasteiger partial charge in [-0.15, -0.1) is 11.3 Å². The zero-order valence-corrected chi connectivity index (χ0v) is 17.8. The molecule has 0 aromatic carbocycles. The molecule has 6 nitrogen and oxygen atoms in total. The highest BCUT2D eigenvalue weighted by atomic mass is 32.1. The lowest BCUT2D eigenvalue weighted by molar-refractivity contribution is -0.140. The van der Waals surface area contributed by atoms with Gasteiger partial charge in [-0.25, -0.2) is 4.79 Å². The molecule has 0 radical (unpaired) electrons. The van der Waals surface area contributed by atoms with E-state index in [2.05, 4.69) is 5.32 Å². The Bertz CT molecular complexity index is 806. The third-order valence-electron chi connectivity index (χ3n) is 6.88. The third-order valence-corrected chi connectivity index (χ3v) is 8.08. The van der Waals surface area contributed by atoms with Crippen molar-refractivity contribution in [3.63, 3.8) is 0 Å². The van der Waals surface area contributed by atoms with E-state index >= 15 is 0 Å². The molecule has 5 rings (SSSR count). The Morgan fingerprint density at radius 1 is 1.07 bits per heavy atom. The summed E-state index contributed by atoms with van der Waals surface area (Å²) in [6.45, 7) is 1.74. The van der Waals surface area contributed by atoms with E-state index in [9.17, 15) is 14.4 Å². The Hall–Kier alpha value is -1.89. The van der Waals surface area contributed by atoms with E-state index in [-0.39, 0.29) is 17.2 Å². The number of nitrogens with one attached hydrogen (secondary N) is 1. The van der Waals surface area contributed by atoms with Crippen LogP contribution in [0.1, 0.15) is 64.1 Å². The van der Waals surface area contributed by atoms with Crippen molar-refractivity contribution in [2.24, 2.45) is 23.2 Å². The largest absolute Gasteiger partial charge is 0.465 e. The number of esters is 1. The van der Waals surface area contributed by atoms with Crippen molar-refractivity contribution < 1.29 is 19.1 Å². The minimum atomic E-state index is -0.521. The zero-order chi connectivity index (χ0) is 20.2. The Kier molecular flexibility index (Phi) is 4.76. The molecule has 4 aliphatic rings. The van der Waals surface area contributed by atoms with Gasteiger partial charge in [0, 0.05) is 14.1 Å². The number of hydrogen-bond donors (Lipinski definition) is 1. The van der Waals surface area contributed by atoms with Crippen LogP contribution in [0, 0.1) is 30.1 Å². The molecule has 152 valence electrons. The summed E-state index contributed by atoms with van der Waals surface area (Å²) >= 11 is 1.17. The van der Waals surface area contributed by atoms with Crippen LogP contribution < -0.4 is 5.32 Å². The Labute approximate surface area is 169 Å².